The number of carbonyl (C=O) groups is 3. The van der Waals surface area contributed by atoms with Crippen molar-refractivity contribution >= 4 is 29.1 Å². The number of para-hydroxylation sites is 2. The predicted octanol–water partition coefficient (Wildman–Crippen LogP) is 4.60. The van der Waals surface area contributed by atoms with Gasteiger partial charge in [-0.2, -0.15) is 0 Å². The van der Waals surface area contributed by atoms with Crippen LogP contribution in [0.25, 0.3) is 0 Å². The summed E-state index contributed by atoms with van der Waals surface area (Å²) in [5.41, 5.74) is -0.632. The molecule has 0 radical (unpaired) electrons. The number of benzene rings is 3. The van der Waals surface area contributed by atoms with Crippen LogP contribution in [0.15, 0.2) is 72.8 Å². The summed E-state index contributed by atoms with van der Waals surface area (Å²) in [5.74, 6) is -4.03. The van der Waals surface area contributed by atoms with E-state index >= 15 is 0 Å². The molecule has 3 aromatic carbocycles. The van der Waals surface area contributed by atoms with E-state index in [1.54, 1.807) is 39.0 Å². The third kappa shape index (κ3) is 6.24. The second-order valence-corrected chi connectivity index (χ2v) is 8.97. The number of hydrogen-bond acceptors (Lipinski definition) is 4. The van der Waals surface area contributed by atoms with Gasteiger partial charge in [0.1, 0.15) is 23.4 Å². The number of rotatable bonds is 6. The molecular weight excluding hydrogens is 468 g/mol. The molecule has 3 aromatic rings. The third-order valence-corrected chi connectivity index (χ3v) is 5.08. The molecule has 1 atom stereocenters. The highest BCUT2D eigenvalue weighted by molar-refractivity contribution is 6.45. The first-order valence-electron chi connectivity index (χ1n) is 11.1. The molecule has 0 aliphatic carbocycles. The zero-order valence-electron chi connectivity index (χ0n) is 20.3. The molecule has 7 nitrogen and oxygen atoms in total. The Morgan fingerprint density at radius 3 is 2.11 bits per heavy atom. The fourth-order valence-corrected chi connectivity index (χ4v) is 3.55. The number of hydrogen-bond donors (Lipinski definition) is 2. The van der Waals surface area contributed by atoms with Gasteiger partial charge in [0, 0.05) is 16.8 Å². The van der Waals surface area contributed by atoms with Crippen LogP contribution in [0.2, 0.25) is 0 Å². The molecule has 3 rings (SSSR count). The molecule has 0 unspecified atom stereocenters. The van der Waals surface area contributed by atoms with Crippen molar-refractivity contribution in [1.82, 2.24) is 5.32 Å². The van der Waals surface area contributed by atoms with E-state index in [1.807, 2.05) is 0 Å². The lowest BCUT2D eigenvalue weighted by molar-refractivity contribution is -0.136. The molecule has 2 N–H and O–H groups in total. The van der Waals surface area contributed by atoms with E-state index in [0.717, 1.165) is 23.1 Å². The minimum absolute atomic E-state index is 0.0221. The number of anilines is 2. The van der Waals surface area contributed by atoms with Gasteiger partial charge >= 0.3 is 11.8 Å². The molecule has 0 saturated heterocycles. The second kappa shape index (κ2) is 11.0. The number of halogens is 2. The maximum absolute atomic E-state index is 15.0. The third-order valence-electron chi connectivity index (χ3n) is 5.08. The first-order chi connectivity index (χ1) is 17.0. The van der Waals surface area contributed by atoms with Crippen LogP contribution in [0.1, 0.15) is 32.4 Å². The van der Waals surface area contributed by atoms with Gasteiger partial charge in [0.25, 0.3) is 0 Å². The lowest BCUT2D eigenvalue weighted by Crippen LogP contribution is -2.51. The molecule has 0 bridgehead atoms. The molecule has 0 heterocycles. The largest absolute Gasteiger partial charge is 0.495 e. The van der Waals surface area contributed by atoms with E-state index in [9.17, 15) is 23.2 Å². The van der Waals surface area contributed by atoms with Gasteiger partial charge in [0.15, 0.2) is 0 Å². The summed E-state index contributed by atoms with van der Waals surface area (Å²) in [4.78, 5) is 41.1. The zero-order valence-corrected chi connectivity index (χ0v) is 20.3. The van der Waals surface area contributed by atoms with Crippen molar-refractivity contribution in [1.29, 1.82) is 0 Å². The summed E-state index contributed by atoms with van der Waals surface area (Å²) >= 11 is 0. The quantitative estimate of drug-likeness (QED) is 0.490. The Labute approximate surface area is 208 Å². The van der Waals surface area contributed by atoms with Crippen molar-refractivity contribution in [3.05, 3.63) is 90.0 Å². The summed E-state index contributed by atoms with van der Waals surface area (Å²) in [7, 11) is 1.41. The molecule has 0 aliphatic rings. The van der Waals surface area contributed by atoms with E-state index in [2.05, 4.69) is 10.6 Å². The monoisotopic (exact) mass is 495 g/mol. The van der Waals surface area contributed by atoms with Crippen molar-refractivity contribution < 1.29 is 27.9 Å². The highest BCUT2D eigenvalue weighted by atomic mass is 19.1. The van der Waals surface area contributed by atoms with Crippen LogP contribution < -0.4 is 20.3 Å². The summed E-state index contributed by atoms with van der Waals surface area (Å²) in [6, 6.07) is 15.0. The predicted molar refractivity (Wildman–Crippen MR) is 133 cm³/mol. The van der Waals surface area contributed by atoms with E-state index in [0.29, 0.717) is 5.75 Å². The number of carbonyl (C=O) groups excluding carboxylic acids is 3. The molecule has 0 aromatic heterocycles. The number of amides is 3. The van der Waals surface area contributed by atoms with Crippen LogP contribution in [0.3, 0.4) is 0 Å². The Morgan fingerprint density at radius 1 is 0.889 bits per heavy atom. The van der Waals surface area contributed by atoms with Crippen LogP contribution in [-0.4, -0.2) is 30.4 Å². The van der Waals surface area contributed by atoms with Gasteiger partial charge in [0.2, 0.25) is 5.91 Å². The van der Waals surface area contributed by atoms with Crippen molar-refractivity contribution in [2.45, 2.75) is 32.4 Å². The normalized spacial score (nSPS) is 11.8. The number of methoxy groups -OCH3 is 1. The van der Waals surface area contributed by atoms with Gasteiger partial charge in [0.05, 0.1) is 12.8 Å². The molecule has 0 saturated carbocycles. The summed E-state index contributed by atoms with van der Waals surface area (Å²) < 4.78 is 33.9. The van der Waals surface area contributed by atoms with Crippen LogP contribution in [-0.2, 0) is 14.4 Å². The first kappa shape index (κ1) is 26.3. The van der Waals surface area contributed by atoms with Gasteiger partial charge in [-0.1, -0.05) is 30.3 Å². The molecule has 188 valence electrons. The van der Waals surface area contributed by atoms with Gasteiger partial charge in [-0.3, -0.25) is 19.3 Å². The highest BCUT2D eigenvalue weighted by Gasteiger charge is 2.38. The Bertz CT molecular complexity index is 1260. The van der Waals surface area contributed by atoms with E-state index < -0.39 is 40.9 Å². The smallest absolute Gasteiger partial charge is 0.317 e. The molecule has 36 heavy (non-hydrogen) atoms. The summed E-state index contributed by atoms with van der Waals surface area (Å²) in [6.45, 7) is 5.17. The molecule has 0 spiro atoms. The lowest BCUT2D eigenvalue weighted by atomic mass is 10.00. The number of nitrogens with zero attached hydrogens (tertiary/aromatic N) is 1. The first-order valence-corrected chi connectivity index (χ1v) is 11.1. The zero-order chi connectivity index (χ0) is 26.5. The molecule has 3 amide bonds. The van der Waals surface area contributed by atoms with Gasteiger partial charge < -0.3 is 15.4 Å². The molecule has 9 heteroatoms. The number of nitrogens with one attached hydrogen (secondary N) is 2. The highest BCUT2D eigenvalue weighted by Crippen LogP contribution is 2.31. The average Bonchev–Trinajstić information content (AvgIpc) is 2.82. The Balaban J connectivity index is 2.13. The minimum atomic E-state index is -1.58. The van der Waals surface area contributed by atoms with Crippen LogP contribution in [0, 0.1) is 11.6 Å². The van der Waals surface area contributed by atoms with Crippen LogP contribution in [0.4, 0.5) is 20.2 Å². The standard InChI is InChI=1S/C27H27F2N3O4/c1-27(2,3)31-24(33)23(19-9-5-6-10-20(19)29)32(18-15-13-17(28)14-16-18)26(35)25(34)30-21-11-7-8-12-22(21)36-4/h5-16,23H,1-4H3,(H,30,34)(H,31,33)/t23-/m1/s1. The van der Waals surface area contributed by atoms with Crippen molar-refractivity contribution in [3.8, 4) is 5.75 Å². The van der Waals surface area contributed by atoms with E-state index in [1.165, 1.54) is 43.5 Å². The topological polar surface area (TPSA) is 87.7 Å². The lowest BCUT2D eigenvalue weighted by Gasteiger charge is -2.33. The summed E-state index contributed by atoms with van der Waals surface area (Å²) in [6.07, 6.45) is 0. The Hall–Kier alpha value is -4.27. The van der Waals surface area contributed by atoms with Gasteiger partial charge in [-0.25, -0.2) is 8.78 Å². The van der Waals surface area contributed by atoms with Crippen molar-refractivity contribution in [2.24, 2.45) is 0 Å². The fraction of sp³-hybridized carbons (Fsp3) is 0.222. The molecular formula is C27H27F2N3O4. The van der Waals surface area contributed by atoms with E-state index in [4.69, 9.17) is 4.74 Å². The van der Waals surface area contributed by atoms with E-state index in [-0.39, 0.29) is 16.9 Å². The van der Waals surface area contributed by atoms with Crippen LogP contribution >= 0.6 is 0 Å². The fourth-order valence-electron chi connectivity index (χ4n) is 3.55. The summed E-state index contributed by atoms with van der Waals surface area (Å²) in [5, 5.41) is 5.22. The Kier molecular flexibility index (Phi) is 8.03. The SMILES string of the molecule is COc1ccccc1NC(=O)C(=O)N(c1ccc(F)cc1)[C@@H](C(=O)NC(C)(C)C)c1ccccc1F. The average molecular weight is 496 g/mol. The van der Waals surface area contributed by atoms with Crippen molar-refractivity contribution in [2.75, 3.05) is 17.3 Å². The van der Waals surface area contributed by atoms with Crippen LogP contribution in [0.5, 0.6) is 5.75 Å². The Morgan fingerprint density at radius 2 is 1.50 bits per heavy atom. The number of ether oxygens (including phenoxy) is 1. The molecule has 0 fully saturated rings. The van der Waals surface area contributed by atoms with Crippen molar-refractivity contribution in [3.63, 3.8) is 0 Å². The maximum atomic E-state index is 15.0. The maximum Gasteiger partial charge on any atom is 0.317 e. The van der Waals surface area contributed by atoms with Gasteiger partial charge in [-0.15, -0.1) is 0 Å². The minimum Gasteiger partial charge on any atom is -0.495 e. The molecule has 0 aliphatic heterocycles. The van der Waals surface area contributed by atoms with Gasteiger partial charge in [-0.05, 0) is 63.2 Å². The second-order valence-electron chi connectivity index (χ2n) is 8.97.